The molecule has 21 heavy (non-hydrogen) atoms. The topological polar surface area (TPSA) is 52.6 Å². The van der Waals surface area contributed by atoms with E-state index in [1.807, 2.05) is 18.2 Å². The van der Waals surface area contributed by atoms with E-state index in [1.54, 1.807) is 6.92 Å². The van der Waals surface area contributed by atoms with Crippen LogP contribution < -0.4 is 0 Å². The van der Waals surface area contributed by atoms with Crippen molar-refractivity contribution in [2.45, 2.75) is 46.8 Å². The minimum atomic E-state index is -0.977. The molecule has 0 unspecified atom stereocenters. The molecule has 0 bridgehead atoms. The van der Waals surface area contributed by atoms with Crippen molar-refractivity contribution in [3.8, 4) is 0 Å². The molecular weight excluding hydrogens is 268 g/mol. The summed E-state index contributed by atoms with van der Waals surface area (Å²) >= 11 is 0. The van der Waals surface area contributed by atoms with E-state index in [2.05, 4.69) is 19.1 Å². The largest absolute Gasteiger partial charge is 0.421 e. The van der Waals surface area contributed by atoms with Crippen LogP contribution in [0.15, 0.2) is 29.8 Å². The first-order chi connectivity index (χ1) is 9.92. The fourth-order valence-electron chi connectivity index (χ4n) is 1.97. The van der Waals surface area contributed by atoms with Crippen molar-refractivity contribution in [3.63, 3.8) is 0 Å². The molecule has 114 valence electrons. The summed E-state index contributed by atoms with van der Waals surface area (Å²) in [5, 5.41) is 0. The Balaban J connectivity index is 2.95. The Morgan fingerprint density at radius 3 is 2.29 bits per heavy atom. The molecule has 0 saturated carbocycles. The Kier molecular flexibility index (Phi) is 6.66. The van der Waals surface area contributed by atoms with Crippen molar-refractivity contribution >= 4 is 18.0 Å². The van der Waals surface area contributed by atoms with Crippen LogP contribution in [0.5, 0.6) is 0 Å². The zero-order chi connectivity index (χ0) is 15.8. The number of carbonyl (C=O) groups is 2. The lowest BCUT2D eigenvalue weighted by molar-refractivity contribution is -0.177. The SMILES string of the molecule is CCCc1cccc(/C=C(\C)C(OC(C)=O)OC(C)=O)c1. The molecule has 0 heterocycles. The highest BCUT2D eigenvalue weighted by molar-refractivity contribution is 5.69. The minimum Gasteiger partial charge on any atom is -0.421 e. The van der Waals surface area contributed by atoms with Gasteiger partial charge in [0, 0.05) is 19.4 Å². The number of esters is 2. The molecule has 0 N–H and O–H groups in total. The van der Waals surface area contributed by atoms with Crippen molar-refractivity contribution in [1.29, 1.82) is 0 Å². The Morgan fingerprint density at radius 2 is 1.76 bits per heavy atom. The monoisotopic (exact) mass is 290 g/mol. The summed E-state index contributed by atoms with van der Waals surface area (Å²) in [6, 6.07) is 8.09. The summed E-state index contributed by atoms with van der Waals surface area (Å²) in [4.78, 5) is 22.2. The van der Waals surface area contributed by atoms with Gasteiger partial charge in [-0.15, -0.1) is 0 Å². The first-order valence-corrected chi connectivity index (χ1v) is 7.04. The summed E-state index contributed by atoms with van der Waals surface area (Å²) < 4.78 is 10.0. The molecule has 0 spiro atoms. The van der Waals surface area contributed by atoms with E-state index >= 15 is 0 Å². The number of hydrogen-bond donors (Lipinski definition) is 0. The zero-order valence-corrected chi connectivity index (χ0v) is 13.0. The molecule has 4 nitrogen and oxygen atoms in total. The van der Waals surface area contributed by atoms with E-state index in [-0.39, 0.29) is 0 Å². The summed E-state index contributed by atoms with van der Waals surface area (Å²) in [5.41, 5.74) is 2.90. The number of rotatable bonds is 6. The molecule has 0 atom stereocenters. The van der Waals surface area contributed by atoms with Gasteiger partial charge in [-0.3, -0.25) is 9.59 Å². The van der Waals surface area contributed by atoms with E-state index < -0.39 is 18.2 Å². The van der Waals surface area contributed by atoms with Crippen molar-refractivity contribution in [2.75, 3.05) is 0 Å². The fourth-order valence-corrected chi connectivity index (χ4v) is 1.97. The van der Waals surface area contributed by atoms with Gasteiger partial charge < -0.3 is 9.47 Å². The van der Waals surface area contributed by atoms with Crippen LogP contribution in [0.25, 0.3) is 6.08 Å². The average Bonchev–Trinajstić information content (AvgIpc) is 2.37. The van der Waals surface area contributed by atoms with Crippen LogP contribution in [-0.2, 0) is 25.5 Å². The molecule has 0 saturated heterocycles. The third-order valence-corrected chi connectivity index (χ3v) is 2.80. The number of aryl methyl sites for hydroxylation is 1. The van der Waals surface area contributed by atoms with Crippen LogP contribution in [0.3, 0.4) is 0 Å². The third kappa shape index (κ3) is 6.25. The van der Waals surface area contributed by atoms with Crippen molar-refractivity contribution in [1.82, 2.24) is 0 Å². The van der Waals surface area contributed by atoms with E-state index in [0.29, 0.717) is 5.57 Å². The second-order valence-corrected chi connectivity index (χ2v) is 4.93. The molecule has 0 aliphatic heterocycles. The molecule has 4 heteroatoms. The van der Waals surface area contributed by atoms with Gasteiger partial charge >= 0.3 is 11.9 Å². The Labute approximate surface area is 125 Å². The van der Waals surface area contributed by atoms with E-state index in [0.717, 1.165) is 18.4 Å². The summed E-state index contributed by atoms with van der Waals surface area (Å²) in [6.45, 7) is 6.46. The third-order valence-electron chi connectivity index (χ3n) is 2.80. The van der Waals surface area contributed by atoms with E-state index in [9.17, 15) is 9.59 Å². The molecule has 0 fully saturated rings. The summed E-state index contributed by atoms with van der Waals surface area (Å²) in [5.74, 6) is -0.984. The normalized spacial score (nSPS) is 11.4. The summed E-state index contributed by atoms with van der Waals surface area (Å²) in [7, 11) is 0. The van der Waals surface area contributed by atoms with Crippen LogP contribution in [-0.4, -0.2) is 18.2 Å². The van der Waals surface area contributed by atoms with Gasteiger partial charge in [-0.05, 0) is 30.5 Å². The maximum Gasteiger partial charge on any atom is 0.305 e. The van der Waals surface area contributed by atoms with Crippen LogP contribution in [0, 0.1) is 0 Å². The average molecular weight is 290 g/mol. The summed E-state index contributed by atoms with van der Waals surface area (Å²) in [6.07, 6.45) is 2.97. The highest BCUT2D eigenvalue weighted by atomic mass is 16.7. The molecule has 1 rings (SSSR count). The maximum absolute atomic E-state index is 11.1. The molecule has 0 aromatic heterocycles. The van der Waals surface area contributed by atoms with Gasteiger partial charge in [0.2, 0.25) is 0 Å². The van der Waals surface area contributed by atoms with Gasteiger partial charge in [0.25, 0.3) is 6.29 Å². The van der Waals surface area contributed by atoms with Gasteiger partial charge in [0.15, 0.2) is 0 Å². The Bertz CT molecular complexity index is 515. The zero-order valence-electron chi connectivity index (χ0n) is 13.0. The van der Waals surface area contributed by atoms with Crippen LogP contribution in [0.4, 0.5) is 0 Å². The number of ether oxygens (including phenoxy) is 2. The first kappa shape index (κ1) is 17.0. The van der Waals surface area contributed by atoms with Gasteiger partial charge in [0.05, 0.1) is 0 Å². The standard InChI is InChI=1S/C17H22O4/c1-5-7-15-8-6-9-16(11-15)10-12(2)17(20-13(3)18)21-14(4)19/h6,8-11,17H,5,7H2,1-4H3/b12-10+. The molecule has 0 amide bonds. The van der Waals surface area contributed by atoms with E-state index in [4.69, 9.17) is 9.47 Å². The molecular formula is C17H22O4. The smallest absolute Gasteiger partial charge is 0.305 e. The lowest BCUT2D eigenvalue weighted by Crippen LogP contribution is -2.23. The Hall–Kier alpha value is -2.10. The van der Waals surface area contributed by atoms with Gasteiger partial charge in [-0.2, -0.15) is 0 Å². The van der Waals surface area contributed by atoms with Gasteiger partial charge in [0.1, 0.15) is 0 Å². The van der Waals surface area contributed by atoms with Gasteiger partial charge in [-0.25, -0.2) is 0 Å². The second kappa shape index (κ2) is 8.25. The van der Waals surface area contributed by atoms with Crippen LogP contribution in [0.1, 0.15) is 45.2 Å². The predicted molar refractivity (Wildman–Crippen MR) is 81.4 cm³/mol. The predicted octanol–water partition coefficient (Wildman–Crippen LogP) is 3.49. The molecule has 0 radical (unpaired) electrons. The molecule has 1 aromatic rings. The molecule has 1 aromatic carbocycles. The highest BCUT2D eigenvalue weighted by Crippen LogP contribution is 2.16. The van der Waals surface area contributed by atoms with Gasteiger partial charge in [-0.1, -0.05) is 37.6 Å². The lowest BCUT2D eigenvalue weighted by Gasteiger charge is -2.17. The fraction of sp³-hybridized carbons (Fsp3) is 0.412. The molecule has 0 aliphatic carbocycles. The van der Waals surface area contributed by atoms with Crippen LogP contribution in [0.2, 0.25) is 0 Å². The van der Waals surface area contributed by atoms with Crippen molar-refractivity contribution in [2.24, 2.45) is 0 Å². The van der Waals surface area contributed by atoms with Crippen molar-refractivity contribution in [3.05, 3.63) is 41.0 Å². The quantitative estimate of drug-likeness (QED) is 0.594. The maximum atomic E-state index is 11.1. The Morgan fingerprint density at radius 1 is 1.14 bits per heavy atom. The minimum absolute atomic E-state index is 0.492. The first-order valence-electron chi connectivity index (χ1n) is 7.04. The highest BCUT2D eigenvalue weighted by Gasteiger charge is 2.17. The molecule has 0 aliphatic rings. The second-order valence-electron chi connectivity index (χ2n) is 4.93. The van der Waals surface area contributed by atoms with Crippen molar-refractivity contribution < 1.29 is 19.1 Å². The number of carbonyl (C=O) groups excluding carboxylic acids is 2. The lowest BCUT2D eigenvalue weighted by atomic mass is 10.1. The van der Waals surface area contributed by atoms with E-state index in [1.165, 1.54) is 19.4 Å². The van der Waals surface area contributed by atoms with Crippen LogP contribution >= 0.6 is 0 Å². The number of benzene rings is 1. The number of hydrogen-bond acceptors (Lipinski definition) is 4.